The molecular weight excluding hydrogens is 286 g/mol. The lowest BCUT2D eigenvalue weighted by Gasteiger charge is -2.24. The minimum atomic E-state index is -0.139. The molecule has 0 spiro atoms. The number of rotatable bonds is 8. The zero-order valence-corrected chi connectivity index (χ0v) is 13.8. The van der Waals surface area contributed by atoms with Crippen LogP contribution in [0.1, 0.15) is 31.9 Å². The van der Waals surface area contributed by atoms with E-state index in [1.54, 1.807) is 4.90 Å². The summed E-state index contributed by atoms with van der Waals surface area (Å²) in [4.78, 5) is 13.8. The van der Waals surface area contributed by atoms with Crippen LogP contribution in [0.4, 0.5) is 5.69 Å². The average Bonchev–Trinajstić information content (AvgIpc) is 2.53. The summed E-state index contributed by atoms with van der Waals surface area (Å²) in [6.07, 6.45) is 5.62. The summed E-state index contributed by atoms with van der Waals surface area (Å²) in [5, 5.41) is 0. The van der Waals surface area contributed by atoms with Gasteiger partial charge in [-0.1, -0.05) is 38.1 Å². The monoisotopic (exact) mass is 309 g/mol. The second-order valence-electron chi connectivity index (χ2n) is 4.69. The first-order chi connectivity index (χ1) is 10.2. The number of halogens is 1. The molecule has 0 atom stereocenters. The molecule has 0 fully saturated rings. The molecule has 0 bridgehead atoms. The highest BCUT2D eigenvalue weighted by Gasteiger charge is 2.18. The lowest BCUT2D eigenvalue weighted by Crippen LogP contribution is -2.35. The number of amides is 1. The molecular formula is C17H24ClNO2. The van der Waals surface area contributed by atoms with E-state index in [1.165, 1.54) is 5.56 Å². The first-order valence-electron chi connectivity index (χ1n) is 7.34. The van der Waals surface area contributed by atoms with Gasteiger partial charge in [-0.3, -0.25) is 9.69 Å². The van der Waals surface area contributed by atoms with Gasteiger partial charge in [-0.15, -0.1) is 11.6 Å². The van der Waals surface area contributed by atoms with Gasteiger partial charge < -0.3 is 4.74 Å². The Hall–Kier alpha value is -1.32. The van der Waals surface area contributed by atoms with Gasteiger partial charge in [-0.2, -0.15) is 0 Å². The highest BCUT2D eigenvalue weighted by Crippen LogP contribution is 2.24. The number of carbonyl (C=O) groups is 1. The molecule has 1 aromatic carbocycles. The predicted molar refractivity (Wildman–Crippen MR) is 89.0 cm³/mol. The molecule has 0 aliphatic carbocycles. The smallest absolute Gasteiger partial charge is 0.243 e. The van der Waals surface area contributed by atoms with E-state index < -0.39 is 0 Å². The summed E-state index contributed by atoms with van der Waals surface area (Å²) in [5.41, 5.74) is 3.23. The number of hydrogen-bond donors (Lipinski definition) is 0. The summed E-state index contributed by atoms with van der Waals surface area (Å²) in [7, 11) is 0. The van der Waals surface area contributed by atoms with E-state index in [4.69, 9.17) is 16.3 Å². The van der Waals surface area contributed by atoms with Gasteiger partial charge in [0.05, 0.1) is 6.61 Å². The van der Waals surface area contributed by atoms with Crippen LogP contribution in [-0.4, -0.2) is 25.1 Å². The molecule has 1 rings (SSSR count). The zero-order valence-electron chi connectivity index (χ0n) is 13.1. The number of carbonyl (C=O) groups excluding carboxylic acids is 1. The van der Waals surface area contributed by atoms with Crippen molar-refractivity contribution in [3.63, 3.8) is 0 Å². The van der Waals surface area contributed by atoms with E-state index in [2.05, 4.69) is 32.0 Å². The maximum absolute atomic E-state index is 12.1. The normalized spacial score (nSPS) is 11.0. The minimum absolute atomic E-state index is 0.0491. The fourth-order valence-corrected chi connectivity index (χ4v) is 2.18. The molecule has 0 heterocycles. The van der Waals surface area contributed by atoms with Gasteiger partial charge in [0.25, 0.3) is 0 Å². The topological polar surface area (TPSA) is 29.5 Å². The summed E-state index contributed by atoms with van der Waals surface area (Å²) in [5.74, 6) is -0.188. The quantitative estimate of drug-likeness (QED) is 0.315. The van der Waals surface area contributed by atoms with Crippen molar-refractivity contribution in [2.75, 3.05) is 24.1 Å². The van der Waals surface area contributed by atoms with E-state index in [0.717, 1.165) is 24.1 Å². The highest BCUT2D eigenvalue weighted by molar-refractivity contribution is 6.29. The third-order valence-corrected chi connectivity index (χ3v) is 3.54. The maximum Gasteiger partial charge on any atom is 0.243 e. The molecule has 0 saturated carbocycles. The second-order valence-corrected chi connectivity index (χ2v) is 4.96. The minimum Gasteiger partial charge on any atom is -0.357 e. The molecule has 0 N–H and O–H groups in total. The molecule has 1 aromatic rings. The van der Waals surface area contributed by atoms with Crippen molar-refractivity contribution < 1.29 is 9.53 Å². The first-order valence-corrected chi connectivity index (χ1v) is 7.88. The van der Waals surface area contributed by atoms with Crippen LogP contribution in [0.5, 0.6) is 0 Å². The molecule has 0 aliphatic rings. The van der Waals surface area contributed by atoms with Gasteiger partial charge in [0.1, 0.15) is 12.6 Å². The van der Waals surface area contributed by atoms with Crippen molar-refractivity contribution in [3.8, 4) is 0 Å². The van der Waals surface area contributed by atoms with Gasteiger partial charge in [0.15, 0.2) is 0 Å². The van der Waals surface area contributed by atoms with Gasteiger partial charge >= 0.3 is 0 Å². The van der Waals surface area contributed by atoms with E-state index in [0.29, 0.717) is 6.61 Å². The third-order valence-electron chi connectivity index (χ3n) is 3.32. The molecule has 0 unspecified atom stereocenters. The Morgan fingerprint density at radius 1 is 1.33 bits per heavy atom. The Labute approximate surface area is 132 Å². The Bertz CT molecular complexity index is 486. The molecule has 0 aromatic heterocycles. The van der Waals surface area contributed by atoms with Crippen LogP contribution in [0, 0.1) is 0 Å². The number of ether oxygens (including phenoxy) is 1. The molecule has 0 aliphatic heterocycles. The van der Waals surface area contributed by atoms with Crippen LogP contribution in [-0.2, 0) is 22.4 Å². The van der Waals surface area contributed by atoms with Crippen molar-refractivity contribution in [2.45, 2.75) is 33.6 Å². The first kappa shape index (κ1) is 17.7. The highest BCUT2D eigenvalue weighted by atomic mass is 35.5. The number of nitrogens with zero attached hydrogens (tertiary/aromatic N) is 1. The number of alkyl halides is 1. The molecule has 116 valence electrons. The van der Waals surface area contributed by atoms with Crippen LogP contribution in [0.2, 0.25) is 0 Å². The Morgan fingerprint density at radius 3 is 2.67 bits per heavy atom. The van der Waals surface area contributed by atoms with E-state index in [-0.39, 0.29) is 18.5 Å². The van der Waals surface area contributed by atoms with E-state index in [9.17, 15) is 4.79 Å². The molecule has 4 heteroatoms. The van der Waals surface area contributed by atoms with Gasteiger partial charge in [-0.05, 0) is 37.0 Å². The fourth-order valence-electron chi connectivity index (χ4n) is 2.04. The molecule has 0 saturated heterocycles. The molecule has 3 nitrogen and oxygen atoms in total. The van der Waals surface area contributed by atoms with Crippen molar-refractivity contribution in [1.82, 2.24) is 0 Å². The zero-order chi connectivity index (χ0) is 15.7. The summed E-state index contributed by atoms with van der Waals surface area (Å²) < 4.78 is 5.55. The van der Waals surface area contributed by atoms with Crippen molar-refractivity contribution >= 4 is 23.2 Å². The van der Waals surface area contributed by atoms with Gasteiger partial charge in [0.2, 0.25) is 5.91 Å². The Kier molecular flexibility index (Phi) is 8.09. The van der Waals surface area contributed by atoms with E-state index in [1.807, 2.05) is 19.1 Å². The largest absolute Gasteiger partial charge is 0.357 e. The number of anilines is 1. The average molecular weight is 310 g/mol. The molecule has 1 amide bonds. The lowest BCUT2D eigenvalue weighted by atomic mass is 10.0. The summed E-state index contributed by atoms with van der Waals surface area (Å²) in [6.45, 7) is 6.81. The maximum atomic E-state index is 12.1. The SMILES string of the molecule is C/C=C\COCN(C(=O)CCl)c1cc(CC)ccc1CC. The number of benzene rings is 1. The van der Waals surface area contributed by atoms with Crippen LogP contribution in [0.3, 0.4) is 0 Å². The van der Waals surface area contributed by atoms with Crippen LogP contribution in [0.25, 0.3) is 0 Å². The Balaban J connectivity index is 3.03. The molecule has 21 heavy (non-hydrogen) atoms. The van der Waals surface area contributed by atoms with Gasteiger partial charge in [-0.25, -0.2) is 0 Å². The predicted octanol–water partition coefficient (Wildman–Crippen LogP) is 3.93. The fraction of sp³-hybridized carbons (Fsp3) is 0.471. The standard InChI is InChI=1S/C17H24ClNO2/c1-4-7-10-21-13-19(17(20)12-18)16-11-14(5-2)8-9-15(16)6-3/h4,7-9,11H,5-6,10,12-13H2,1-3H3/b7-4-. The van der Waals surface area contributed by atoms with Crippen LogP contribution in [0.15, 0.2) is 30.4 Å². The summed E-state index contributed by atoms with van der Waals surface area (Å²) in [6, 6.07) is 6.24. The third kappa shape index (κ3) is 5.18. The lowest BCUT2D eigenvalue weighted by molar-refractivity contribution is -0.117. The van der Waals surface area contributed by atoms with Crippen molar-refractivity contribution in [3.05, 3.63) is 41.5 Å². The van der Waals surface area contributed by atoms with Crippen LogP contribution >= 0.6 is 11.6 Å². The second kappa shape index (κ2) is 9.59. The summed E-state index contributed by atoms with van der Waals surface area (Å²) >= 11 is 5.75. The number of aryl methyl sites for hydroxylation is 2. The number of hydrogen-bond acceptors (Lipinski definition) is 2. The van der Waals surface area contributed by atoms with Crippen molar-refractivity contribution in [1.29, 1.82) is 0 Å². The van der Waals surface area contributed by atoms with Crippen LogP contribution < -0.4 is 4.90 Å². The Morgan fingerprint density at radius 2 is 2.10 bits per heavy atom. The number of allylic oxidation sites excluding steroid dienone is 1. The molecule has 0 radical (unpaired) electrons. The van der Waals surface area contributed by atoms with Gasteiger partial charge in [0, 0.05) is 5.69 Å². The van der Waals surface area contributed by atoms with E-state index >= 15 is 0 Å². The van der Waals surface area contributed by atoms with Crippen molar-refractivity contribution in [2.24, 2.45) is 0 Å².